The van der Waals surface area contributed by atoms with E-state index in [9.17, 15) is 9.50 Å². The number of hydrogen-bond acceptors (Lipinski definition) is 5. The van der Waals surface area contributed by atoms with Crippen LogP contribution < -0.4 is 9.79 Å². The SMILES string of the molecule is Cl.Oc1ccc2c(c1)CCN(c1ccc(F)cc1)C2c1ccc(OOCCN2CCCC2)cc1. The number of hydrogen-bond donors (Lipinski definition) is 1. The topological polar surface area (TPSA) is 45.2 Å². The highest BCUT2D eigenvalue weighted by molar-refractivity contribution is 5.85. The summed E-state index contributed by atoms with van der Waals surface area (Å²) < 4.78 is 13.5. The van der Waals surface area contributed by atoms with E-state index in [2.05, 4.69) is 9.80 Å². The normalized spacial score (nSPS) is 17.8. The Bertz CT molecular complexity index is 1070. The zero-order valence-corrected chi connectivity index (χ0v) is 19.8. The third-order valence-electron chi connectivity index (χ3n) is 6.55. The second kappa shape index (κ2) is 11.1. The van der Waals surface area contributed by atoms with Gasteiger partial charge in [-0.3, -0.25) is 0 Å². The van der Waals surface area contributed by atoms with Crippen LogP contribution >= 0.6 is 12.4 Å². The van der Waals surface area contributed by atoms with Crippen molar-refractivity contribution < 1.29 is 19.3 Å². The first kappa shape index (κ1) is 24.3. The Kier molecular flexibility index (Phi) is 7.93. The average Bonchev–Trinajstić information content (AvgIpc) is 3.36. The maximum Gasteiger partial charge on any atom is 0.165 e. The molecule has 2 aliphatic rings. The van der Waals surface area contributed by atoms with E-state index in [1.54, 1.807) is 6.07 Å². The lowest BCUT2D eigenvalue weighted by Crippen LogP contribution is -2.36. The van der Waals surface area contributed by atoms with Crippen LogP contribution in [0.25, 0.3) is 0 Å². The van der Waals surface area contributed by atoms with E-state index in [-0.39, 0.29) is 30.0 Å². The molecular weight excluding hydrogens is 455 g/mol. The van der Waals surface area contributed by atoms with Gasteiger partial charge in [0.1, 0.15) is 18.2 Å². The van der Waals surface area contributed by atoms with Gasteiger partial charge in [0.05, 0.1) is 6.04 Å². The van der Waals surface area contributed by atoms with Gasteiger partial charge in [-0.2, -0.15) is 4.89 Å². The first-order chi connectivity index (χ1) is 16.2. The van der Waals surface area contributed by atoms with E-state index in [0.29, 0.717) is 12.4 Å². The molecule has 2 aliphatic heterocycles. The quantitative estimate of drug-likeness (QED) is 0.272. The van der Waals surface area contributed by atoms with Crippen molar-refractivity contribution in [3.8, 4) is 11.5 Å². The van der Waals surface area contributed by atoms with E-state index >= 15 is 0 Å². The number of phenolic OH excluding ortho intramolecular Hbond substituents is 1. The number of rotatable bonds is 7. The van der Waals surface area contributed by atoms with Gasteiger partial charge in [0.15, 0.2) is 5.75 Å². The fraction of sp³-hybridized carbons (Fsp3) is 0.333. The third kappa shape index (κ3) is 5.46. The number of anilines is 1. The van der Waals surface area contributed by atoms with Crippen molar-refractivity contribution in [2.45, 2.75) is 25.3 Å². The van der Waals surface area contributed by atoms with Crippen LogP contribution in [0.4, 0.5) is 10.1 Å². The lowest BCUT2D eigenvalue weighted by Gasteiger charge is -2.39. The van der Waals surface area contributed by atoms with E-state index in [1.165, 1.54) is 25.0 Å². The molecule has 0 aliphatic carbocycles. The fourth-order valence-electron chi connectivity index (χ4n) is 4.87. The Labute approximate surface area is 206 Å². The first-order valence-electron chi connectivity index (χ1n) is 11.6. The first-order valence-corrected chi connectivity index (χ1v) is 11.6. The highest BCUT2D eigenvalue weighted by Crippen LogP contribution is 2.39. The molecule has 1 N–H and O–H groups in total. The maximum atomic E-state index is 13.5. The van der Waals surface area contributed by atoms with Gasteiger partial charge in [0, 0.05) is 18.8 Å². The molecular formula is C27H30ClFN2O3. The predicted molar refractivity (Wildman–Crippen MR) is 133 cm³/mol. The van der Waals surface area contributed by atoms with Gasteiger partial charge >= 0.3 is 0 Å². The predicted octanol–water partition coefficient (Wildman–Crippen LogP) is 5.51. The van der Waals surface area contributed by atoms with E-state index in [4.69, 9.17) is 9.78 Å². The number of benzene rings is 3. The molecule has 1 atom stereocenters. The summed E-state index contributed by atoms with van der Waals surface area (Å²) in [5.41, 5.74) is 4.32. The highest BCUT2D eigenvalue weighted by Gasteiger charge is 2.29. The summed E-state index contributed by atoms with van der Waals surface area (Å²) in [4.78, 5) is 15.6. The molecule has 0 radical (unpaired) electrons. The van der Waals surface area contributed by atoms with Crippen molar-refractivity contribution in [2.75, 3.05) is 37.7 Å². The fourth-order valence-corrected chi connectivity index (χ4v) is 4.87. The number of likely N-dealkylation sites (tertiary alicyclic amines) is 1. The standard InChI is InChI=1S/C27H29FN2O3.ClH/c28-22-5-7-23(8-6-22)30-16-13-21-19-24(31)9-12-26(21)27(30)20-3-10-25(11-4-20)33-32-18-17-29-14-1-2-15-29;/h3-12,19,27,31H,1-2,13-18H2;1H. The van der Waals surface area contributed by atoms with Gasteiger partial charge in [-0.25, -0.2) is 4.39 Å². The van der Waals surface area contributed by atoms with Gasteiger partial charge in [-0.1, -0.05) is 18.2 Å². The highest BCUT2D eigenvalue weighted by atomic mass is 35.5. The van der Waals surface area contributed by atoms with Crippen LogP contribution in [0, 0.1) is 5.82 Å². The van der Waals surface area contributed by atoms with Crippen molar-refractivity contribution in [3.05, 3.63) is 89.2 Å². The smallest absolute Gasteiger partial charge is 0.165 e. The summed E-state index contributed by atoms with van der Waals surface area (Å²) in [6.45, 7) is 4.48. The van der Waals surface area contributed by atoms with Crippen molar-refractivity contribution >= 4 is 18.1 Å². The molecule has 1 unspecified atom stereocenters. The molecule has 0 aromatic heterocycles. The van der Waals surface area contributed by atoms with Crippen molar-refractivity contribution in [2.24, 2.45) is 0 Å². The summed E-state index contributed by atoms with van der Waals surface area (Å²) in [5, 5.41) is 9.98. The monoisotopic (exact) mass is 484 g/mol. The van der Waals surface area contributed by atoms with Crippen LogP contribution in [-0.2, 0) is 11.3 Å². The summed E-state index contributed by atoms with van der Waals surface area (Å²) in [7, 11) is 0. The average molecular weight is 485 g/mol. The summed E-state index contributed by atoms with van der Waals surface area (Å²) >= 11 is 0. The molecule has 1 fully saturated rings. The van der Waals surface area contributed by atoms with Gasteiger partial charge in [-0.05, 0) is 97.6 Å². The molecule has 7 heteroatoms. The summed E-state index contributed by atoms with van der Waals surface area (Å²) in [6.07, 6.45) is 3.34. The van der Waals surface area contributed by atoms with Gasteiger partial charge in [0.25, 0.3) is 0 Å². The molecule has 5 rings (SSSR count). The van der Waals surface area contributed by atoms with Crippen LogP contribution in [0.15, 0.2) is 66.7 Å². The van der Waals surface area contributed by atoms with E-state index in [1.807, 2.05) is 48.5 Å². The Hall–Kier alpha value is -2.80. The second-order valence-electron chi connectivity index (χ2n) is 8.73. The molecule has 0 bridgehead atoms. The summed E-state index contributed by atoms with van der Waals surface area (Å²) in [5.74, 6) is 0.691. The van der Waals surface area contributed by atoms with Crippen LogP contribution in [0.3, 0.4) is 0 Å². The minimum atomic E-state index is -0.246. The molecule has 0 amide bonds. The number of halogens is 2. The van der Waals surface area contributed by atoms with Gasteiger partial charge in [0.2, 0.25) is 0 Å². The van der Waals surface area contributed by atoms with E-state index in [0.717, 1.165) is 55.0 Å². The molecule has 5 nitrogen and oxygen atoms in total. The molecule has 1 saturated heterocycles. The zero-order chi connectivity index (χ0) is 22.6. The Balaban J connectivity index is 0.00000274. The van der Waals surface area contributed by atoms with Crippen LogP contribution in [0.1, 0.15) is 35.6 Å². The lowest BCUT2D eigenvalue weighted by atomic mass is 9.87. The van der Waals surface area contributed by atoms with Crippen molar-refractivity contribution in [1.82, 2.24) is 4.90 Å². The number of fused-ring (bicyclic) bond motifs is 1. The summed E-state index contributed by atoms with van der Waals surface area (Å²) in [6, 6.07) is 20.1. The molecule has 34 heavy (non-hydrogen) atoms. The molecule has 2 heterocycles. The number of phenols is 1. The van der Waals surface area contributed by atoms with Crippen LogP contribution in [0.5, 0.6) is 11.5 Å². The van der Waals surface area contributed by atoms with Crippen molar-refractivity contribution in [3.63, 3.8) is 0 Å². The lowest BCUT2D eigenvalue weighted by molar-refractivity contribution is -0.208. The Morgan fingerprint density at radius 2 is 1.65 bits per heavy atom. The van der Waals surface area contributed by atoms with E-state index < -0.39 is 0 Å². The molecule has 3 aromatic carbocycles. The largest absolute Gasteiger partial charge is 0.508 e. The Morgan fingerprint density at radius 1 is 0.912 bits per heavy atom. The molecule has 0 saturated carbocycles. The minimum Gasteiger partial charge on any atom is -0.508 e. The molecule has 0 spiro atoms. The van der Waals surface area contributed by atoms with Crippen LogP contribution in [0.2, 0.25) is 0 Å². The number of aromatic hydroxyl groups is 1. The molecule has 180 valence electrons. The second-order valence-corrected chi connectivity index (χ2v) is 8.73. The van der Waals surface area contributed by atoms with Gasteiger partial charge in [-0.15, -0.1) is 12.4 Å². The van der Waals surface area contributed by atoms with Crippen LogP contribution in [-0.4, -0.2) is 42.8 Å². The minimum absolute atomic E-state index is 0. The van der Waals surface area contributed by atoms with Crippen molar-refractivity contribution in [1.29, 1.82) is 0 Å². The number of nitrogens with zero attached hydrogens (tertiary/aromatic N) is 2. The van der Waals surface area contributed by atoms with Gasteiger partial charge < -0.3 is 19.8 Å². The third-order valence-corrected chi connectivity index (χ3v) is 6.55. The molecule has 3 aromatic rings. The maximum absolute atomic E-state index is 13.5. The Morgan fingerprint density at radius 3 is 2.38 bits per heavy atom. The zero-order valence-electron chi connectivity index (χ0n) is 19.0.